The van der Waals surface area contributed by atoms with Crippen LogP contribution < -0.4 is 36.1 Å². The monoisotopic (exact) mass is 2290 g/mol. The van der Waals surface area contributed by atoms with Crippen molar-refractivity contribution >= 4 is 263 Å². The summed E-state index contributed by atoms with van der Waals surface area (Å²) in [6.45, 7) is 24.3. The molecule has 714 valence electrons. The van der Waals surface area contributed by atoms with Crippen molar-refractivity contribution in [3.63, 3.8) is 0 Å². The predicted octanol–water partition coefficient (Wildman–Crippen LogP) is 31.4. The standard InChI is InChI=1S/C54H63NO4S4.C28H22O2S4.C24H35Br2NO2.6CH3.2Sn/c1-7-10-13-16-17-19-22-36(21-18-14-11-8-2)32-55-53(57)44-33(4)23-25-37(45(44)54(55)58)40-27-28-42(62-40)47-49-48(46(50(47)56)41-26-24-34(5)60-41)51-38(30-35(6)61-51)39-31-43(63-52(39)49)59-29-20-15-12-9-3;1-3-4-5-6-11-30-21-15-18-17-14-16(2)33-27(17)24-22(19-9-7-12-31-19)26(29)23(20-10-8-13-32-20)25(24)28(18)34-21;1-3-5-7-9-10-12-14-18(13-11-8-6-4-2)17-27-23(28)21-19(25)15-16-20(26)22(21)24(27)29;;;;;;;;/h23-28,30-31,36H,7-22,29,32H2,1-6H3;7-10,14-15H,3-6,11H2,1-2H3;15-16,18H,3-14,17H2,1-2H3;6*1H3;;. The van der Waals surface area contributed by atoms with Gasteiger partial charge in [-0.3, -0.25) is 33.8 Å². The first-order chi connectivity index (χ1) is 64.5. The van der Waals surface area contributed by atoms with E-state index in [9.17, 15) is 24.0 Å². The zero-order chi connectivity index (χ0) is 95.4. The van der Waals surface area contributed by atoms with Gasteiger partial charge in [0.05, 0.1) is 28.9 Å². The molecule has 16 rings (SSSR count). The Morgan fingerprint density at radius 1 is 0.313 bits per heavy atom. The molecule has 2 aliphatic carbocycles. The number of rotatable bonds is 47. The first kappa shape index (κ1) is 105. The number of aryl methyl sites for hydroxylation is 4. The SMILES string of the molecule is CCCCCCCCC(CCCCCC)CN1C(=O)c2c(Br)ccc(Br)c2C1=O.CCCCCCCCC(CCCCCC)CN1C(=O)c2c(C)ccc(-c3ccc(C4=c5c(c6sc(C)cc6c6cc(OCCCCCC)sc56)=C(c5ccc(C)s5)C4=O)s3)c2C1=O.CCCCCCOc1cc2c(s1)c1c(c3sc(C)cc32)=C(c2cc[c]([Sn]([CH3])([CH3])[CH3])s2)C(=O)C=1c1cc[c]([Sn]([CH3])([CH3])[CH3])s1. The molecule has 2 atom stereocenters. The van der Waals surface area contributed by atoms with E-state index in [4.69, 9.17) is 9.47 Å². The first-order valence-corrected chi connectivity index (χ1v) is 78.2. The summed E-state index contributed by atoms with van der Waals surface area (Å²) in [7, 11) is 0. The third-order valence-electron chi connectivity index (χ3n) is 26.9. The van der Waals surface area contributed by atoms with E-state index >= 15 is 4.79 Å². The van der Waals surface area contributed by atoms with Gasteiger partial charge < -0.3 is 4.74 Å². The molecule has 10 heterocycles. The molecule has 134 heavy (non-hydrogen) atoms. The fourth-order valence-electron chi connectivity index (χ4n) is 19.6. The number of ether oxygens (including phenoxy) is 2. The van der Waals surface area contributed by atoms with Crippen molar-refractivity contribution in [1.29, 1.82) is 0 Å². The summed E-state index contributed by atoms with van der Waals surface area (Å²) in [5.74, 6) is 0.298. The van der Waals surface area contributed by atoms with E-state index in [1.54, 1.807) is 61.6 Å². The number of ketones is 2. The number of imide groups is 2. The molecule has 4 aliphatic rings. The number of hydrogen-bond donors (Lipinski definition) is 0. The molecule has 0 saturated carbocycles. The molecule has 12 aromatic rings. The second-order valence-corrected chi connectivity index (χ2v) is 81.3. The number of thiophene rings is 8. The van der Waals surface area contributed by atoms with E-state index in [1.165, 1.54) is 204 Å². The summed E-state index contributed by atoms with van der Waals surface area (Å²) >= 11 is 16.3. The van der Waals surface area contributed by atoms with Crippen molar-refractivity contribution in [3.05, 3.63) is 189 Å². The van der Waals surface area contributed by atoms with Crippen LogP contribution in [0.2, 0.25) is 29.6 Å². The first-order valence-electron chi connectivity index (χ1n) is 50.1. The molecule has 4 amide bonds. The number of nitrogens with zero attached hydrogens (tertiary/aromatic N) is 2. The van der Waals surface area contributed by atoms with Crippen LogP contribution in [0.5, 0.6) is 10.1 Å². The Morgan fingerprint density at radius 3 is 1.01 bits per heavy atom. The van der Waals surface area contributed by atoms with Crippen LogP contribution >= 0.6 is 123 Å². The molecule has 0 radical (unpaired) electrons. The van der Waals surface area contributed by atoms with E-state index in [2.05, 4.69) is 197 Å². The number of halogens is 2. The second-order valence-electron chi connectivity index (χ2n) is 39.6. The minimum absolute atomic E-state index is 0.0393. The van der Waals surface area contributed by atoms with Crippen LogP contribution in [0, 0.1) is 39.5 Å². The molecule has 22 heteroatoms. The average Bonchev–Trinajstić information content (AvgIpc) is 1.54. The summed E-state index contributed by atoms with van der Waals surface area (Å²) in [6.07, 6.45) is 38.3. The van der Waals surface area contributed by atoms with Crippen LogP contribution in [-0.4, -0.2) is 108 Å². The van der Waals surface area contributed by atoms with Gasteiger partial charge in [0.1, 0.15) is 0 Å². The van der Waals surface area contributed by atoms with Gasteiger partial charge in [-0.05, 0) is 145 Å². The Balaban J connectivity index is 0.000000175. The normalized spacial score (nSPS) is 14.3. The van der Waals surface area contributed by atoms with Crippen molar-refractivity contribution < 1.29 is 38.2 Å². The zero-order valence-electron chi connectivity index (χ0n) is 82.0. The number of benzene rings is 4. The molecule has 0 spiro atoms. The van der Waals surface area contributed by atoms with Crippen molar-refractivity contribution in [2.75, 3.05) is 26.3 Å². The molecule has 0 saturated heterocycles. The van der Waals surface area contributed by atoms with Crippen LogP contribution in [0.25, 0.3) is 73.1 Å². The molecule has 0 fully saturated rings. The summed E-state index contributed by atoms with van der Waals surface area (Å²) in [5, 5.41) is 11.0. The summed E-state index contributed by atoms with van der Waals surface area (Å²) < 4.78 is 21.9. The van der Waals surface area contributed by atoms with Gasteiger partial charge in [-0.2, -0.15) is 0 Å². The molecule has 0 bridgehead atoms. The number of carbonyl (C=O) groups excluding carboxylic acids is 6. The molecule has 2 aliphatic heterocycles. The van der Waals surface area contributed by atoms with Crippen LogP contribution in [0.1, 0.15) is 328 Å². The number of unbranched alkanes of at least 4 members (excludes halogenated alkanes) is 22. The second kappa shape index (κ2) is 48.0. The van der Waals surface area contributed by atoms with E-state index in [0.717, 1.165) is 157 Å². The van der Waals surface area contributed by atoms with E-state index < -0.39 is 36.8 Å². The van der Waals surface area contributed by atoms with Gasteiger partial charge in [0.2, 0.25) is 0 Å². The van der Waals surface area contributed by atoms with E-state index in [1.807, 2.05) is 65.2 Å². The van der Waals surface area contributed by atoms with Crippen molar-refractivity contribution in [2.24, 2.45) is 11.8 Å². The van der Waals surface area contributed by atoms with Gasteiger partial charge in [-0.25, -0.2) is 0 Å². The number of Topliss-reactive ketones (excluding diaryl/α,β-unsaturated/α-hetero) is 2. The molecule has 0 N–H and O–H groups in total. The number of fused-ring (bicyclic) bond motifs is 14. The Labute approximate surface area is 853 Å². The Bertz CT molecular complexity index is 6520. The summed E-state index contributed by atoms with van der Waals surface area (Å²) in [5.41, 5.74) is 6.99. The Hall–Kier alpha value is -5.22. The van der Waals surface area contributed by atoms with Gasteiger partial charge in [0, 0.05) is 99.8 Å². The maximum absolute atomic E-state index is 15.2. The fraction of sp³-hybridized carbons (Fsp3) is 0.482. The molecule has 4 aromatic carbocycles. The van der Waals surface area contributed by atoms with Crippen LogP contribution in [0.4, 0.5) is 0 Å². The zero-order valence-corrected chi connectivity index (χ0v) is 97.4. The minimum atomic E-state index is -2.30. The predicted molar refractivity (Wildman–Crippen MR) is 593 cm³/mol. The molecule has 2 unspecified atom stereocenters. The van der Waals surface area contributed by atoms with Crippen LogP contribution in [0.15, 0.2) is 106 Å². The van der Waals surface area contributed by atoms with Crippen molar-refractivity contribution in [1.82, 2.24) is 9.80 Å². The Kier molecular flexibility index (Phi) is 37.5. The molecule has 10 nitrogen and oxygen atoms in total. The van der Waals surface area contributed by atoms with E-state index in [-0.39, 0.29) is 35.2 Å². The third-order valence-corrected chi connectivity index (χ3v) is 55.8. The summed E-state index contributed by atoms with van der Waals surface area (Å²) in [4.78, 5) is 111. The Morgan fingerprint density at radius 2 is 0.634 bits per heavy atom. The fourth-order valence-corrected chi connectivity index (χ4v) is 39.7. The van der Waals surface area contributed by atoms with Gasteiger partial charge in [0.15, 0.2) is 10.8 Å². The average molecular weight is 2290 g/mol. The van der Waals surface area contributed by atoms with Crippen molar-refractivity contribution in [3.8, 4) is 20.6 Å². The molecule has 8 aromatic heterocycles. The van der Waals surface area contributed by atoms with Gasteiger partial charge in [0.25, 0.3) is 23.6 Å². The number of carbonyl (C=O) groups is 6. The van der Waals surface area contributed by atoms with Gasteiger partial charge >= 0.3 is 257 Å². The maximum atomic E-state index is 15.2. The van der Waals surface area contributed by atoms with Gasteiger partial charge in [-0.1, -0.05) is 226 Å². The molecular weight excluding hydrogens is 2160 g/mol. The number of amides is 4. The third kappa shape index (κ3) is 23.7. The van der Waals surface area contributed by atoms with Crippen molar-refractivity contribution in [2.45, 2.75) is 304 Å². The van der Waals surface area contributed by atoms with Crippen LogP contribution in [-0.2, 0) is 9.59 Å². The topological polar surface area (TPSA) is 127 Å². The summed E-state index contributed by atoms with van der Waals surface area (Å²) in [6, 6.07) is 34.1. The van der Waals surface area contributed by atoms with Crippen LogP contribution in [0.3, 0.4) is 0 Å². The number of hydrogen-bond acceptors (Lipinski definition) is 16. The quantitative estimate of drug-likeness (QED) is 0.0210. The van der Waals surface area contributed by atoms with Gasteiger partial charge in [-0.15, -0.1) is 34.0 Å². The molecular formula is C112H138Br2N2O8S8Sn2. The van der Waals surface area contributed by atoms with E-state index in [0.29, 0.717) is 68.3 Å².